The quantitative estimate of drug-likeness (QED) is 0.398. The van der Waals surface area contributed by atoms with E-state index in [1.807, 2.05) is 18.4 Å². The Morgan fingerprint density at radius 1 is 1.12 bits per heavy atom. The lowest BCUT2D eigenvalue weighted by molar-refractivity contribution is 0.209. The van der Waals surface area contributed by atoms with Crippen molar-refractivity contribution in [2.75, 3.05) is 0 Å². The van der Waals surface area contributed by atoms with Gasteiger partial charge in [0.05, 0.1) is 12.0 Å². The largest absolute Gasteiger partial charge is 0.468 e. The summed E-state index contributed by atoms with van der Waals surface area (Å²) in [5, 5.41) is 4.31. The third kappa shape index (κ3) is 4.29. The fraction of sp³-hybridized carbons (Fsp3) is 0.552. The van der Waals surface area contributed by atoms with E-state index in [-0.39, 0.29) is 16.6 Å². The van der Waals surface area contributed by atoms with Gasteiger partial charge in [0, 0.05) is 34.9 Å². The molecule has 2 heterocycles. The van der Waals surface area contributed by atoms with Crippen molar-refractivity contribution in [3.05, 3.63) is 64.7 Å². The highest BCUT2D eigenvalue weighted by molar-refractivity contribution is 5.68. The molecule has 0 saturated heterocycles. The molecule has 33 heavy (non-hydrogen) atoms. The predicted octanol–water partition coefficient (Wildman–Crippen LogP) is 7.87. The minimum Gasteiger partial charge on any atom is -0.468 e. The minimum absolute atomic E-state index is 0.174. The average Bonchev–Trinajstić information content (AvgIpc) is 3.16. The van der Waals surface area contributed by atoms with Crippen LogP contribution in [0.15, 0.2) is 39.5 Å². The van der Waals surface area contributed by atoms with Crippen molar-refractivity contribution in [2.24, 2.45) is 17.3 Å². The van der Waals surface area contributed by atoms with Crippen LogP contribution >= 0.6 is 0 Å². The van der Waals surface area contributed by atoms with Crippen molar-refractivity contribution in [3.63, 3.8) is 0 Å². The lowest BCUT2D eigenvalue weighted by Crippen LogP contribution is -2.26. The van der Waals surface area contributed by atoms with Crippen molar-refractivity contribution >= 4 is 0 Å². The highest BCUT2D eigenvalue weighted by atomic mass is 19.1. The Kier molecular flexibility index (Phi) is 5.34. The van der Waals surface area contributed by atoms with E-state index < -0.39 is 0 Å². The number of hydrogen-bond acceptors (Lipinski definition) is 3. The summed E-state index contributed by atoms with van der Waals surface area (Å²) in [6.45, 7) is 13.4. The summed E-state index contributed by atoms with van der Waals surface area (Å²) in [5.74, 6) is 3.57. The van der Waals surface area contributed by atoms with Crippen molar-refractivity contribution < 1.29 is 13.3 Å². The molecule has 176 valence electrons. The molecule has 0 spiro atoms. The Morgan fingerprint density at radius 3 is 2.58 bits per heavy atom. The zero-order chi connectivity index (χ0) is 23.5. The van der Waals surface area contributed by atoms with Gasteiger partial charge in [-0.15, -0.1) is 0 Å². The number of hydrogen-bond donors (Lipinski definition) is 0. The van der Waals surface area contributed by atoms with Crippen LogP contribution in [0.3, 0.4) is 0 Å². The Morgan fingerprint density at radius 2 is 1.88 bits per heavy atom. The second-order valence-electron chi connectivity index (χ2n) is 12.2. The van der Waals surface area contributed by atoms with Crippen LogP contribution in [0.4, 0.5) is 4.39 Å². The monoisotopic (exact) mass is 449 g/mol. The SMILES string of the molecule is CC1CC1c1cc(C(C)(C)Cc2cc(-c3coc4c3CC(C(C)(C)C)CC4)ccc2F)on1. The van der Waals surface area contributed by atoms with Crippen LogP contribution in [0.5, 0.6) is 0 Å². The van der Waals surface area contributed by atoms with Crippen LogP contribution in [-0.2, 0) is 24.7 Å². The number of rotatable bonds is 5. The maximum atomic E-state index is 14.9. The van der Waals surface area contributed by atoms with Gasteiger partial charge in [-0.1, -0.05) is 52.8 Å². The van der Waals surface area contributed by atoms with Gasteiger partial charge < -0.3 is 8.94 Å². The molecule has 3 atom stereocenters. The first kappa shape index (κ1) is 22.4. The predicted molar refractivity (Wildman–Crippen MR) is 129 cm³/mol. The van der Waals surface area contributed by atoms with E-state index in [4.69, 9.17) is 8.94 Å². The van der Waals surface area contributed by atoms with Gasteiger partial charge in [0.15, 0.2) is 0 Å². The van der Waals surface area contributed by atoms with E-state index in [1.54, 1.807) is 6.07 Å². The van der Waals surface area contributed by atoms with Gasteiger partial charge in [0.1, 0.15) is 17.3 Å². The van der Waals surface area contributed by atoms with Crippen molar-refractivity contribution in [1.82, 2.24) is 5.16 Å². The first-order valence-corrected chi connectivity index (χ1v) is 12.4. The third-order valence-corrected chi connectivity index (χ3v) is 8.05. The van der Waals surface area contributed by atoms with E-state index in [0.29, 0.717) is 29.7 Å². The molecule has 0 N–H and O–H groups in total. The maximum absolute atomic E-state index is 14.9. The summed E-state index contributed by atoms with van der Waals surface area (Å²) in [6.07, 6.45) is 6.75. The molecule has 0 radical (unpaired) electrons. The molecule has 2 aliphatic carbocycles. The molecule has 0 amide bonds. The highest BCUT2D eigenvalue weighted by Gasteiger charge is 2.38. The summed E-state index contributed by atoms with van der Waals surface area (Å²) < 4.78 is 26.6. The first-order chi connectivity index (χ1) is 15.5. The Bertz CT molecular complexity index is 1160. The summed E-state index contributed by atoms with van der Waals surface area (Å²) in [5.41, 5.74) is 5.10. The van der Waals surface area contributed by atoms with Crippen LogP contribution in [0.1, 0.15) is 88.6 Å². The summed E-state index contributed by atoms with van der Waals surface area (Å²) in [7, 11) is 0. The van der Waals surface area contributed by atoms with Gasteiger partial charge in [-0.3, -0.25) is 0 Å². The molecular weight excluding hydrogens is 413 g/mol. The standard InChI is InChI=1S/C29H36FNO2/c1-17-11-21(17)25-14-27(33-31-25)29(5,6)15-19-12-18(7-9-24(19)30)23-16-32-26-10-8-20(13-22(23)26)28(2,3)4/h7,9,12,14,16-17,20-21H,8,10-11,13,15H2,1-6H3. The Hall–Kier alpha value is -2.36. The molecule has 4 heteroatoms. The second kappa shape index (κ2) is 7.85. The van der Waals surface area contributed by atoms with E-state index in [9.17, 15) is 4.39 Å². The number of benzene rings is 1. The molecule has 3 unspecified atom stereocenters. The Balaban J connectivity index is 1.42. The molecule has 0 bridgehead atoms. The third-order valence-electron chi connectivity index (χ3n) is 8.05. The van der Waals surface area contributed by atoms with Crippen LogP contribution in [0.25, 0.3) is 11.1 Å². The lowest BCUT2D eigenvalue weighted by Gasteiger charge is -2.33. The van der Waals surface area contributed by atoms with E-state index in [1.165, 1.54) is 12.0 Å². The second-order valence-corrected chi connectivity index (χ2v) is 12.2. The smallest absolute Gasteiger partial charge is 0.142 e. The highest BCUT2D eigenvalue weighted by Crippen LogP contribution is 2.47. The number of halogens is 1. The van der Waals surface area contributed by atoms with E-state index in [2.05, 4.69) is 52.8 Å². The number of fused-ring (bicyclic) bond motifs is 1. The zero-order valence-corrected chi connectivity index (χ0v) is 20.8. The van der Waals surface area contributed by atoms with Gasteiger partial charge in [0.25, 0.3) is 0 Å². The fourth-order valence-corrected chi connectivity index (χ4v) is 5.45. The summed E-state index contributed by atoms with van der Waals surface area (Å²) >= 11 is 0. The van der Waals surface area contributed by atoms with Crippen molar-refractivity contribution in [2.45, 2.75) is 85.0 Å². The number of furan rings is 1. The summed E-state index contributed by atoms with van der Waals surface area (Å²) in [4.78, 5) is 0. The Labute approximate surface area is 196 Å². The molecule has 0 aliphatic heterocycles. The van der Waals surface area contributed by atoms with Gasteiger partial charge in [-0.25, -0.2) is 4.39 Å². The van der Waals surface area contributed by atoms with Gasteiger partial charge in [0.2, 0.25) is 0 Å². The number of aryl methyl sites for hydroxylation is 1. The molecule has 2 aromatic heterocycles. The van der Waals surface area contributed by atoms with Crippen molar-refractivity contribution in [1.29, 1.82) is 0 Å². The van der Waals surface area contributed by atoms with Crippen LogP contribution in [0.2, 0.25) is 0 Å². The fourth-order valence-electron chi connectivity index (χ4n) is 5.45. The normalized spacial score (nSPS) is 22.9. The van der Waals surface area contributed by atoms with Crippen LogP contribution in [0, 0.1) is 23.1 Å². The van der Waals surface area contributed by atoms with Crippen LogP contribution < -0.4 is 0 Å². The molecule has 5 rings (SSSR count). The van der Waals surface area contributed by atoms with E-state index in [0.717, 1.165) is 47.6 Å². The molecule has 2 aliphatic rings. The number of nitrogens with zero attached hydrogens (tertiary/aromatic N) is 1. The molecule has 1 saturated carbocycles. The van der Waals surface area contributed by atoms with Gasteiger partial charge in [-0.05, 0) is 66.2 Å². The maximum Gasteiger partial charge on any atom is 0.142 e. The molecule has 1 fully saturated rings. The average molecular weight is 450 g/mol. The van der Waals surface area contributed by atoms with Gasteiger partial charge >= 0.3 is 0 Å². The molecular formula is C29H36FNO2. The van der Waals surface area contributed by atoms with Crippen LogP contribution in [-0.4, -0.2) is 5.16 Å². The molecule has 3 aromatic rings. The first-order valence-electron chi connectivity index (χ1n) is 12.4. The zero-order valence-electron chi connectivity index (χ0n) is 20.8. The molecule has 3 nitrogen and oxygen atoms in total. The van der Waals surface area contributed by atoms with Gasteiger partial charge in [-0.2, -0.15) is 0 Å². The van der Waals surface area contributed by atoms with E-state index >= 15 is 0 Å². The lowest BCUT2D eigenvalue weighted by atomic mass is 9.71. The minimum atomic E-state index is -0.351. The number of aromatic nitrogens is 1. The van der Waals surface area contributed by atoms with Crippen molar-refractivity contribution in [3.8, 4) is 11.1 Å². The topological polar surface area (TPSA) is 39.2 Å². The molecule has 1 aromatic carbocycles. The summed E-state index contributed by atoms with van der Waals surface area (Å²) in [6, 6.07) is 7.57.